The molecule has 4 radical (unpaired) electrons. The molecular weight excluding hydrogens is 970 g/mol. The zero-order valence-corrected chi connectivity index (χ0v) is 31.9. The molecule has 37 heteroatoms. The Balaban J connectivity index is -0.0000000296. The van der Waals surface area contributed by atoms with Crippen LogP contribution in [-0.4, -0.2) is 5.09 Å². The van der Waals surface area contributed by atoms with Crippen LogP contribution in [0, 0.1) is 57.1 Å². The predicted octanol–water partition coefficient (Wildman–Crippen LogP) is -15.8. The van der Waals surface area contributed by atoms with E-state index in [4.69, 9.17) is 78.1 Å². The summed E-state index contributed by atoms with van der Waals surface area (Å²) in [4.78, 5) is 8.25. The molecule has 212 valence electrons. The first kappa shape index (κ1) is 67.5. The van der Waals surface area contributed by atoms with E-state index in [1.807, 2.05) is 0 Å². The molecule has 28 nitrogen and oxygen atoms in total. The molecule has 0 fully saturated rings. The van der Waals surface area contributed by atoms with Crippen LogP contribution in [0.5, 0.6) is 0 Å². The van der Waals surface area contributed by atoms with Crippen molar-refractivity contribution < 1.29 is 296 Å². The quantitative estimate of drug-likeness (QED) is 0.141. The van der Waals surface area contributed by atoms with Crippen LogP contribution in [0.25, 0.3) is 0 Å². The third-order valence-corrected chi connectivity index (χ3v) is 2.83. The first-order chi connectivity index (χ1) is 13.4. The Morgan fingerprint density at radius 3 is 0.595 bits per heavy atom. The van der Waals surface area contributed by atoms with E-state index in [-0.39, 0.29) is 129 Å². The van der Waals surface area contributed by atoms with E-state index in [2.05, 4.69) is 2.84 Å². The van der Waals surface area contributed by atoms with Crippen molar-refractivity contribution in [3.05, 3.63) is 15.3 Å². The van der Waals surface area contributed by atoms with Gasteiger partial charge in [0, 0.05) is 0 Å². The van der Waals surface area contributed by atoms with Crippen LogP contribution in [0.1, 0.15) is 0 Å². The second-order valence-corrected chi connectivity index (χ2v) is 11.0. The maximum atomic E-state index is 9.38. The molecule has 0 aliphatic carbocycles. The van der Waals surface area contributed by atoms with Crippen molar-refractivity contribution in [3.63, 3.8) is 0 Å². The van der Waals surface area contributed by atoms with Crippen molar-refractivity contribution in [2.24, 2.45) is 0 Å². The van der Waals surface area contributed by atoms with Gasteiger partial charge in [-0.25, -0.2) is 0 Å². The molecule has 0 aliphatic heterocycles. The van der Waals surface area contributed by atoms with Crippen LogP contribution in [0.3, 0.4) is 0 Å². The standard InChI is InChI=1S/Ce.2Cr.K.4Mn.NO3.N.Na.23O/c;;;;;;;;2-1(3)4;;;;;;;;;;;;;;;;;;;;;;;;;/q+4;;;+1;;;;;-1;2*+1;;;;;;;;;;;;;;;;;;6*-1. The second kappa shape index (κ2) is 30.3. The van der Waals surface area contributed by atoms with Gasteiger partial charge in [-0.05, 0) is 0 Å². The van der Waals surface area contributed by atoms with Crippen LogP contribution in [0.15, 0.2) is 0 Å². The van der Waals surface area contributed by atoms with Gasteiger partial charge < -0.3 is 15.3 Å². The fraction of sp³-hybridized carbons (Fsp3) is 0. The average Bonchev–Trinajstić information content (AvgIpc) is 2.09. The molecule has 0 aromatic carbocycles. The molecule has 0 aromatic heterocycles. The molecule has 0 atom stereocenters. The summed E-state index contributed by atoms with van der Waals surface area (Å²) in [5.74, 6) is 0. The molecule has 0 saturated heterocycles. The van der Waals surface area contributed by atoms with Gasteiger partial charge >= 0.3 is 297 Å². The minimum atomic E-state index is -6.07. The summed E-state index contributed by atoms with van der Waals surface area (Å²) in [6, 6.07) is 0. The third kappa shape index (κ3) is 675. The third-order valence-electron chi connectivity index (χ3n) is 0.167. The topological polar surface area (TPSA) is 517 Å². The molecule has 0 saturated carbocycles. The first-order valence-electron chi connectivity index (χ1n) is 4.35. The van der Waals surface area contributed by atoms with E-state index < -0.39 is 84.2 Å². The van der Waals surface area contributed by atoms with Crippen molar-refractivity contribution in [1.82, 2.24) is 6.15 Å². The Bertz CT molecular complexity index is 1220. The van der Waals surface area contributed by atoms with E-state index in [0.29, 0.717) is 0 Å². The fourth-order valence-corrected chi connectivity index (χ4v) is 1.74. The molecule has 0 rings (SSSR count). The molecule has 0 unspecified atom stereocenters. The van der Waals surface area contributed by atoms with Gasteiger partial charge in [0.15, 0.2) is 0 Å². The van der Waals surface area contributed by atoms with Gasteiger partial charge in [-0.1, -0.05) is 0 Å². The number of rotatable bonds is 2. The van der Waals surface area contributed by atoms with Crippen LogP contribution >= 0.6 is 0 Å². The monoisotopic (exact) mass is 969 g/mol. The Morgan fingerprint density at radius 2 is 0.595 bits per heavy atom. The molecule has 0 amide bonds. The van der Waals surface area contributed by atoms with Crippen molar-refractivity contribution >= 4 is 0 Å². The van der Waals surface area contributed by atoms with Crippen LogP contribution in [0.2, 0.25) is 0 Å². The molecule has 0 N–H and O–H groups in total. The van der Waals surface area contributed by atoms with Crippen molar-refractivity contribution in [2.45, 2.75) is 0 Å². The fourth-order valence-electron chi connectivity index (χ4n) is 0.102. The summed E-state index contributed by atoms with van der Waals surface area (Å²) in [5, 5.41) is 14.8. The average molecular weight is 970 g/mol. The van der Waals surface area contributed by atoms with E-state index in [0.717, 1.165) is 0 Å². The summed E-state index contributed by atoms with van der Waals surface area (Å²) in [6.45, 7) is 0. The van der Waals surface area contributed by atoms with Gasteiger partial charge in [-0.15, -0.1) is 0 Å². The molecule has 0 heterocycles. The Morgan fingerprint density at radius 1 is 0.541 bits per heavy atom. The van der Waals surface area contributed by atoms with Gasteiger partial charge in [0.05, 0.1) is 5.09 Å². The van der Waals surface area contributed by atoms with E-state index in [9.17, 15) is 23.5 Å². The van der Waals surface area contributed by atoms with E-state index in [1.54, 1.807) is 0 Å². The van der Waals surface area contributed by atoms with E-state index in [1.165, 1.54) is 0 Å². The van der Waals surface area contributed by atoms with Gasteiger partial charge in [0.2, 0.25) is 0 Å². The summed E-state index contributed by atoms with van der Waals surface area (Å²) in [7, 11) is 0. The van der Waals surface area contributed by atoms with Crippen molar-refractivity contribution in [1.29, 1.82) is 0 Å². The predicted molar refractivity (Wildman–Crippen MR) is 24.6 cm³/mol. The number of nitrogens with zero attached hydrogens (tertiary/aromatic N) is 2. The van der Waals surface area contributed by atoms with Crippen molar-refractivity contribution in [2.75, 3.05) is 0 Å². The second-order valence-electron chi connectivity index (χ2n) is 2.62. The van der Waals surface area contributed by atoms with Crippen LogP contribution in [-0.2, 0) is 143 Å². The molecular formula is CeCr2KMn4N2NaO26. The van der Waals surface area contributed by atoms with Crippen molar-refractivity contribution in [3.8, 4) is 0 Å². The summed E-state index contributed by atoms with van der Waals surface area (Å²) in [6.07, 6.45) is 0. The maximum absolute atomic E-state index is 9.38. The zero-order valence-electron chi connectivity index (χ0n) is 16.3. The van der Waals surface area contributed by atoms with Gasteiger partial charge in [-0.3, -0.25) is 0 Å². The van der Waals surface area contributed by atoms with Gasteiger partial charge in [0.1, 0.15) is 0 Å². The molecule has 0 aromatic rings. The van der Waals surface area contributed by atoms with Crippen LogP contribution in [0.4, 0.5) is 0 Å². The molecule has 0 aliphatic rings. The zero-order chi connectivity index (χ0) is 29.3. The molecule has 0 bridgehead atoms. The normalized spacial score (nSPS) is 10.1. The number of hydrogen-bond donors (Lipinski definition) is 0. The van der Waals surface area contributed by atoms with E-state index >= 15 is 0 Å². The van der Waals surface area contributed by atoms with Gasteiger partial charge in [0.25, 0.3) is 0 Å². The summed E-state index contributed by atoms with van der Waals surface area (Å²) < 4.78 is 196. The molecule has 0 spiro atoms. The first-order valence-corrected chi connectivity index (χ1v) is 16.2. The Labute approximate surface area is 311 Å². The van der Waals surface area contributed by atoms with Gasteiger partial charge in [-0.2, -0.15) is 0 Å². The summed E-state index contributed by atoms with van der Waals surface area (Å²) >= 11 is -34.6. The SMILES string of the molecule is O=[N+]([O-])[O-].[Ce+4].[K+].[N+].[Na+].[O]=[Cr](=[O])([O-])[O][Cr](=[O])(=[O])[O-].[O]=[Mn](=[O])(=[O])[O-].[O]=[Mn](=[O])(=[O])[O-].[O]=[Mn](=[O])(=[O])[O-].[O]=[Mn](=[O])(=[O])[O-]. The van der Waals surface area contributed by atoms with Crippen LogP contribution < -0.4 is 112 Å². The Hall–Kier alpha value is 2.84. The molecule has 37 heavy (non-hydrogen) atoms. The summed E-state index contributed by atoms with van der Waals surface area (Å²) in [5.41, 5.74) is 0. The Kier molecular flexibility index (Phi) is 55.3. The minimum absolute atomic E-state index is 0. The number of hydrogen-bond acceptors (Lipinski definition) is 26.